The number of carbonyl (C=O) groups is 1. The summed E-state index contributed by atoms with van der Waals surface area (Å²) in [6, 6.07) is 3.70. The molecule has 1 unspecified atom stereocenters. The summed E-state index contributed by atoms with van der Waals surface area (Å²) in [6.45, 7) is 2.04. The molecule has 1 heterocycles. The van der Waals surface area contributed by atoms with Crippen LogP contribution in [0.15, 0.2) is 12.1 Å². The molecule has 4 heteroatoms. The number of hydrogen-bond donors (Lipinski definition) is 1. The normalized spacial score (nSPS) is 17.9. The van der Waals surface area contributed by atoms with Gasteiger partial charge in [-0.15, -0.1) is 0 Å². The first-order valence-corrected chi connectivity index (χ1v) is 5.28. The number of hydrogen-bond acceptors (Lipinski definition) is 3. The third-order valence-electron chi connectivity index (χ3n) is 2.89. The number of benzene rings is 1. The van der Waals surface area contributed by atoms with Crippen LogP contribution in [0, 0.1) is 0 Å². The molecule has 4 nitrogen and oxygen atoms in total. The first-order valence-electron chi connectivity index (χ1n) is 5.28. The molecule has 0 aromatic heterocycles. The molecular formula is C12H15NO3. The minimum Gasteiger partial charge on any atom is -0.493 e. The number of rotatable bonds is 3. The molecule has 1 aromatic carbocycles. The molecule has 0 aliphatic carbocycles. The highest BCUT2D eigenvalue weighted by Gasteiger charge is 2.29. The summed E-state index contributed by atoms with van der Waals surface area (Å²) >= 11 is 0. The summed E-state index contributed by atoms with van der Waals surface area (Å²) in [5.41, 5.74) is 1.68. The standard InChI is InChI=1S/C12H15NO3/c1-4-9-7-5-10(15-2)11(16-3)6-8(7)12(14)13-9/h5-6,9H,4H2,1-3H3,(H,13,14). The second kappa shape index (κ2) is 4.04. The van der Waals surface area contributed by atoms with Crippen LogP contribution in [0.4, 0.5) is 0 Å². The van der Waals surface area contributed by atoms with E-state index in [1.807, 2.05) is 13.0 Å². The van der Waals surface area contributed by atoms with E-state index in [0.717, 1.165) is 12.0 Å². The first kappa shape index (κ1) is 10.8. The maximum atomic E-state index is 11.7. The van der Waals surface area contributed by atoms with Crippen molar-refractivity contribution in [2.75, 3.05) is 14.2 Å². The maximum Gasteiger partial charge on any atom is 0.252 e. The molecule has 1 aliphatic rings. The summed E-state index contributed by atoms with van der Waals surface area (Å²) in [5, 5.41) is 2.92. The van der Waals surface area contributed by atoms with Crippen LogP contribution >= 0.6 is 0 Å². The summed E-state index contributed by atoms with van der Waals surface area (Å²) < 4.78 is 10.4. The van der Waals surface area contributed by atoms with E-state index in [2.05, 4.69) is 5.32 Å². The van der Waals surface area contributed by atoms with Crippen molar-refractivity contribution in [3.05, 3.63) is 23.3 Å². The van der Waals surface area contributed by atoms with Crippen LogP contribution in [-0.4, -0.2) is 20.1 Å². The molecule has 0 spiro atoms. The Hall–Kier alpha value is -1.71. The molecule has 2 rings (SSSR count). The Bertz CT molecular complexity index is 429. The van der Waals surface area contributed by atoms with Crippen LogP contribution in [0.25, 0.3) is 0 Å². The summed E-state index contributed by atoms with van der Waals surface area (Å²) in [5.74, 6) is 1.21. The Labute approximate surface area is 94.6 Å². The highest BCUT2D eigenvalue weighted by molar-refractivity contribution is 5.99. The minimum atomic E-state index is -0.0391. The smallest absolute Gasteiger partial charge is 0.252 e. The van der Waals surface area contributed by atoms with Gasteiger partial charge in [0.15, 0.2) is 11.5 Å². The first-order chi connectivity index (χ1) is 7.71. The lowest BCUT2D eigenvalue weighted by Gasteiger charge is -2.11. The topological polar surface area (TPSA) is 47.6 Å². The van der Waals surface area contributed by atoms with E-state index in [0.29, 0.717) is 17.1 Å². The van der Waals surface area contributed by atoms with Gasteiger partial charge in [-0.05, 0) is 24.1 Å². The number of fused-ring (bicyclic) bond motifs is 1. The lowest BCUT2D eigenvalue weighted by atomic mass is 10.0. The van der Waals surface area contributed by atoms with Gasteiger partial charge in [-0.3, -0.25) is 4.79 Å². The third kappa shape index (κ3) is 1.50. The molecule has 0 saturated heterocycles. The Morgan fingerprint density at radius 3 is 2.44 bits per heavy atom. The molecule has 0 fully saturated rings. The van der Waals surface area contributed by atoms with E-state index in [1.54, 1.807) is 20.3 Å². The van der Waals surface area contributed by atoms with Gasteiger partial charge in [0.1, 0.15) is 0 Å². The summed E-state index contributed by atoms with van der Waals surface area (Å²) in [4.78, 5) is 11.7. The van der Waals surface area contributed by atoms with Crippen LogP contribution in [-0.2, 0) is 0 Å². The van der Waals surface area contributed by atoms with Gasteiger partial charge >= 0.3 is 0 Å². The Morgan fingerprint density at radius 2 is 1.88 bits per heavy atom. The van der Waals surface area contributed by atoms with Gasteiger partial charge in [0.05, 0.1) is 20.3 Å². The Kier molecular flexibility index (Phi) is 2.73. The van der Waals surface area contributed by atoms with Crippen molar-refractivity contribution in [1.82, 2.24) is 5.32 Å². The van der Waals surface area contributed by atoms with Crippen molar-refractivity contribution in [2.45, 2.75) is 19.4 Å². The molecule has 0 bridgehead atoms. The van der Waals surface area contributed by atoms with Gasteiger partial charge in [0.2, 0.25) is 0 Å². The van der Waals surface area contributed by atoms with Crippen molar-refractivity contribution in [2.24, 2.45) is 0 Å². The van der Waals surface area contributed by atoms with Crippen molar-refractivity contribution in [3.63, 3.8) is 0 Å². The van der Waals surface area contributed by atoms with E-state index in [4.69, 9.17) is 9.47 Å². The number of ether oxygens (including phenoxy) is 2. The van der Waals surface area contributed by atoms with Crippen LogP contribution in [0.3, 0.4) is 0 Å². The van der Waals surface area contributed by atoms with Crippen molar-refractivity contribution >= 4 is 5.91 Å². The van der Waals surface area contributed by atoms with Gasteiger partial charge in [-0.2, -0.15) is 0 Å². The SMILES string of the molecule is CCC1NC(=O)c2cc(OC)c(OC)cc21. The largest absolute Gasteiger partial charge is 0.493 e. The molecule has 1 amide bonds. The second-order valence-corrected chi connectivity index (χ2v) is 3.73. The van der Waals surface area contributed by atoms with Gasteiger partial charge in [-0.25, -0.2) is 0 Å². The quantitative estimate of drug-likeness (QED) is 0.848. The van der Waals surface area contributed by atoms with Crippen LogP contribution in [0.1, 0.15) is 35.3 Å². The molecule has 1 aliphatic heterocycles. The molecule has 1 N–H and O–H groups in total. The number of methoxy groups -OCH3 is 2. The molecule has 0 saturated carbocycles. The molecular weight excluding hydrogens is 206 g/mol. The summed E-state index contributed by atoms with van der Waals surface area (Å²) in [7, 11) is 3.16. The number of amides is 1. The van der Waals surface area contributed by atoms with Crippen LogP contribution in [0.5, 0.6) is 11.5 Å². The lowest BCUT2D eigenvalue weighted by molar-refractivity contribution is 0.0955. The maximum absolute atomic E-state index is 11.7. The molecule has 0 radical (unpaired) electrons. The average Bonchev–Trinajstić information content (AvgIpc) is 2.63. The van der Waals surface area contributed by atoms with E-state index < -0.39 is 0 Å². The predicted octanol–water partition coefficient (Wildman–Crippen LogP) is 1.90. The fourth-order valence-electron chi connectivity index (χ4n) is 2.02. The average molecular weight is 221 g/mol. The highest BCUT2D eigenvalue weighted by Crippen LogP contribution is 2.37. The Morgan fingerprint density at radius 1 is 1.25 bits per heavy atom. The van der Waals surface area contributed by atoms with Crippen molar-refractivity contribution < 1.29 is 14.3 Å². The zero-order valence-electron chi connectivity index (χ0n) is 9.66. The van der Waals surface area contributed by atoms with Gasteiger partial charge in [0, 0.05) is 5.56 Å². The van der Waals surface area contributed by atoms with E-state index >= 15 is 0 Å². The summed E-state index contributed by atoms with van der Waals surface area (Å²) in [6.07, 6.45) is 0.869. The van der Waals surface area contributed by atoms with Gasteiger partial charge in [0.25, 0.3) is 5.91 Å². The monoisotopic (exact) mass is 221 g/mol. The molecule has 86 valence electrons. The van der Waals surface area contributed by atoms with E-state index in [9.17, 15) is 4.79 Å². The molecule has 16 heavy (non-hydrogen) atoms. The molecule has 1 atom stereocenters. The third-order valence-corrected chi connectivity index (χ3v) is 2.89. The fraction of sp³-hybridized carbons (Fsp3) is 0.417. The van der Waals surface area contributed by atoms with Crippen molar-refractivity contribution in [1.29, 1.82) is 0 Å². The second-order valence-electron chi connectivity index (χ2n) is 3.73. The number of nitrogens with one attached hydrogen (secondary N) is 1. The van der Waals surface area contributed by atoms with Gasteiger partial charge < -0.3 is 14.8 Å². The van der Waals surface area contributed by atoms with Crippen LogP contribution in [0.2, 0.25) is 0 Å². The van der Waals surface area contributed by atoms with E-state index in [1.165, 1.54) is 0 Å². The molecule has 1 aromatic rings. The zero-order valence-corrected chi connectivity index (χ0v) is 9.66. The number of carbonyl (C=O) groups excluding carboxylic acids is 1. The van der Waals surface area contributed by atoms with Crippen LogP contribution < -0.4 is 14.8 Å². The minimum absolute atomic E-state index is 0.0391. The lowest BCUT2D eigenvalue weighted by Crippen LogP contribution is -2.17. The Balaban J connectivity index is 2.54. The van der Waals surface area contributed by atoms with Gasteiger partial charge in [-0.1, -0.05) is 6.92 Å². The fourth-order valence-corrected chi connectivity index (χ4v) is 2.02. The van der Waals surface area contributed by atoms with E-state index in [-0.39, 0.29) is 11.9 Å². The zero-order chi connectivity index (χ0) is 11.7. The van der Waals surface area contributed by atoms with Crippen molar-refractivity contribution in [3.8, 4) is 11.5 Å². The predicted molar refractivity (Wildman–Crippen MR) is 60.0 cm³/mol. The highest BCUT2D eigenvalue weighted by atomic mass is 16.5.